The highest BCUT2D eigenvalue weighted by molar-refractivity contribution is 14.0. The zero-order valence-electron chi connectivity index (χ0n) is 14.1. The van der Waals surface area contributed by atoms with Gasteiger partial charge < -0.3 is 20.1 Å². The van der Waals surface area contributed by atoms with E-state index in [0.29, 0.717) is 12.5 Å². The summed E-state index contributed by atoms with van der Waals surface area (Å²) in [5, 5.41) is 6.60. The van der Waals surface area contributed by atoms with Gasteiger partial charge >= 0.3 is 0 Å². The zero-order valence-corrected chi connectivity index (χ0v) is 16.4. The number of ether oxygens (including phenoxy) is 2. The Morgan fingerprint density at radius 2 is 1.82 bits per heavy atom. The molecule has 0 fully saturated rings. The van der Waals surface area contributed by atoms with Crippen molar-refractivity contribution in [2.24, 2.45) is 10.9 Å². The highest BCUT2D eigenvalue weighted by Gasteiger charge is 2.05. The monoisotopic (exact) mass is 421 g/mol. The van der Waals surface area contributed by atoms with Crippen molar-refractivity contribution in [1.82, 2.24) is 10.6 Å². The lowest BCUT2D eigenvalue weighted by molar-refractivity contribution is 0.354. The van der Waals surface area contributed by atoms with E-state index in [4.69, 9.17) is 9.47 Å². The molecule has 0 saturated carbocycles. The number of nitrogens with one attached hydrogen (secondary N) is 2. The van der Waals surface area contributed by atoms with Crippen molar-refractivity contribution < 1.29 is 9.47 Å². The smallest absolute Gasteiger partial charge is 0.191 e. The number of nitrogens with zero attached hydrogens (tertiary/aromatic N) is 1. The minimum atomic E-state index is 0. The van der Waals surface area contributed by atoms with Gasteiger partial charge in [0.15, 0.2) is 17.5 Å². The Kier molecular flexibility index (Phi) is 10.8. The van der Waals surface area contributed by atoms with Crippen LogP contribution in [0.25, 0.3) is 0 Å². The molecule has 0 amide bonds. The Morgan fingerprint density at radius 3 is 2.36 bits per heavy atom. The summed E-state index contributed by atoms with van der Waals surface area (Å²) < 4.78 is 10.5. The van der Waals surface area contributed by atoms with Gasteiger partial charge in [0.25, 0.3) is 0 Å². The number of aliphatic imine (C=N–C) groups is 1. The van der Waals surface area contributed by atoms with Gasteiger partial charge in [-0.1, -0.05) is 19.9 Å². The Bertz CT molecular complexity index is 465. The Morgan fingerprint density at radius 1 is 1.14 bits per heavy atom. The van der Waals surface area contributed by atoms with E-state index in [1.807, 2.05) is 18.2 Å². The molecule has 0 spiro atoms. The molecular weight excluding hydrogens is 393 g/mol. The number of guanidine groups is 1. The van der Waals surface area contributed by atoms with Crippen molar-refractivity contribution in [2.45, 2.75) is 26.8 Å². The summed E-state index contributed by atoms with van der Waals surface area (Å²) in [6.07, 6.45) is 1.12. The molecule has 6 heteroatoms. The summed E-state index contributed by atoms with van der Waals surface area (Å²) in [6, 6.07) is 5.88. The molecule has 2 N–H and O–H groups in total. The predicted octanol–water partition coefficient (Wildman–Crippen LogP) is 3.03. The molecule has 5 nitrogen and oxygen atoms in total. The number of hydrogen-bond acceptors (Lipinski definition) is 3. The van der Waals surface area contributed by atoms with Crippen LogP contribution in [-0.2, 0) is 6.54 Å². The van der Waals surface area contributed by atoms with Gasteiger partial charge in [-0.15, -0.1) is 24.0 Å². The van der Waals surface area contributed by atoms with Crippen LogP contribution >= 0.6 is 24.0 Å². The topological polar surface area (TPSA) is 54.9 Å². The van der Waals surface area contributed by atoms with Crippen LogP contribution < -0.4 is 20.1 Å². The fourth-order valence-corrected chi connectivity index (χ4v) is 1.88. The van der Waals surface area contributed by atoms with Crippen molar-refractivity contribution in [3.63, 3.8) is 0 Å². The number of rotatable bonds is 7. The van der Waals surface area contributed by atoms with Crippen molar-refractivity contribution in [2.75, 3.05) is 27.8 Å². The van der Waals surface area contributed by atoms with Crippen LogP contribution in [0.5, 0.6) is 11.5 Å². The molecule has 1 aromatic carbocycles. The molecule has 126 valence electrons. The van der Waals surface area contributed by atoms with Gasteiger partial charge in [-0.25, -0.2) is 0 Å². The lowest BCUT2D eigenvalue weighted by atomic mass is 10.1. The number of methoxy groups -OCH3 is 2. The Balaban J connectivity index is 0.00000441. The first-order chi connectivity index (χ1) is 10.1. The van der Waals surface area contributed by atoms with Gasteiger partial charge in [0, 0.05) is 20.1 Å². The number of hydrogen-bond donors (Lipinski definition) is 2. The summed E-state index contributed by atoms with van der Waals surface area (Å²) >= 11 is 0. The molecule has 0 unspecified atom stereocenters. The minimum Gasteiger partial charge on any atom is -0.493 e. The second-order valence-corrected chi connectivity index (χ2v) is 5.22. The standard InChI is InChI=1S/C16H27N3O2.HI/c1-12(2)8-9-18-16(17-3)19-11-13-6-7-14(20-4)15(10-13)21-5;/h6-7,10,12H,8-9,11H2,1-5H3,(H2,17,18,19);1H. The fourth-order valence-electron chi connectivity index (χ4n) is 1.88. The van der Waals surface area contributed by atoms with E-state index in [1.165, 1.54) is 0 Å². The van der Waals surface area contributed by atoms with Crippen LogP contribution in [0.1, 0.15) is 25.8 Å². The lowest BCUT2D eigenvalue weighted by Crippen LogP contribution is -2.37. The first-order valence-corrected chi connectivity index (χ1v) is 7.26. The molecule has 0 aliphatic heterocycles. The summed E-state index contributed by atoms with van der Waals surface area (Å²) in [6.45, 7) is 6.02. The van der Waals surface area contributed by atoms with Crippen molar-refractivity contribution in [3.05, 3.63) is 23.8 Å². The minimum absolute atomic E-state index is 0. The molecule has 0 aromatic heterocycles. The van der Waals surface area contributed by atoms with Crippen LogP contribution in [0.2, 0.25) is 0 Å². The van der Waals surface area contributed by atoms with E-state index in [-0.39, 0.29) is 24.0 Å². The average Bonchev–Trinajstić information content (AvgIpc) is 2.49. The van der Waals surface area contributed by atoms with Crippen molar-refractivity contribution >= 4 is 29.9 Å². The summed E-state index contributed by atoms with van der Waals surface area (Å²) in [5.41, 5.74) is 1.11. The molecule has 1 rings (SSSR count). The molecule has 0 bridgehead atoms. The Hall–Kier alpha value is -1.18. The van der Waals surface area contributed by atoms with Crippen LogP contribution in [0, 0.1) is 5.92 Å². The molecule has 0 aliphatic carbocycles. The Labute approximate surface area is 150 Å². The molecule has 0 atom stereocenters. The quantitative estimate of drug-likeness (QED) is 0.404. The van der Waals surface area contributed by atoms with Crippen LogP contribution in [-0.4, -0.2) is 33.8 Å². The van der Waals surface area contributed by atoms with Crippen LogP contribution in [0.15, 0.2) is 23.2 Å². The summed E-state index contributed by atoms with van der Waals surface area (Å²) in [5.74, 6) is 2.96. The third-order valence-electron chi connectivity index (χ3n) is 3.15. The van der Waals surface area contributed by atoms with Gasteiger partial charge in [-0.05, 0) is 30.0 Å². The van der Waals surface area contributed by atoms with E-state index >= 15 is 0 Å². The molecule has 22 heavy (non-hydrogen) atoms. The third kappa shape index (κ3) is 7.20. The predicted molar refractivity (Wildman–Crippen MR) is 103 cm³/mol. The third-order valence-corrected chi connectivity index (χ3v) is 3.15. The highest BCUT2D eigenvalue weighted by Crippen LogP contribution is 2.27. The first kappa shape index (κ1) is 20.8. The average molecular weight is 421 g/mol. The van der Waals surface area contributed by atoms with Gasteiger partial charge in [0.05, 0.1) is 14.2 Å². The fraction of sp³-hybridized carbons (Fsp3) is 0.562. The number of benzene rings is 1. The second-order valence-electron chi connectivity index (χ2n) is 5.22. The van der Waals surface area contributed by atoms with Gasteiger partial charge in [0.2, 0.25) is 0 Å². The van der Waals surface area contributed by atoms with Crippen LogP contribution in [0.4, 0.5) is 0 Å². The maximum Gasteiger partial charge on any atom is 0.191 e. The SMILES string of the molecule is CN=C(NCCC(C)C)NCc1ccc(OC)c(OC)c1.I. The van der Waals surface area contributed by atoms with Crippen LogP contribution in [0.3, 0.4) is 0 Å². The van der Waals surface area contributed by atoms with Crippen molar-refractivity contribution in [1.29, 1.82) is 0 Å². The maximum absolute atomic E-state index is 5.30. The first-order valence-electron chi connectivity index (χ1n) is 7.26. The van der Waals surface area contributed by atoms with Crippen molar-refractivity contribution in [3.8, 4) is 11.5 Å². The summed E-state index contributed by atoms with van der Waals surface area (Å²) in [4.78, 5) is 4.21. The molecule has 0 radical (unpaired) electrons. The molecule has 1 aromatic rings. The molecular formula is C16H28IN3O2. The van der Waals surface area contributed by atoms with Gasteiger partial charge in [-0.3, -0.25) is 4.99 Å². The van der Waals surface area contributed by atoms with E-state index in [0.717, 1.165) is 36.0 Å². The molecule has 0 aliphatic rings. The normalized spacial score (nSPS) is 10.9. The number of halogens is 1. The van der Waals surface area contributed by atoms with E-state index in [9.17, 15) is 0 Å². The van der Waals surface area contributed by atoms with Gasteiger partial charge in [-0.2, -0.15) is 0 Å². The van der Waals surface area contributed by atoms with E-state index < -0.39 is 0 Å². The molecule has 0 saturated heterocycles. The zero-order chi connectivity index (χ0) is 15.7. The lowest BCUT2D eigenvalue weighted by Gasteiger charge is -2.14. The summed E-state index contributed by atoms with van der Waals surface area (Å²) in [7, 11) is 5.05. The van der Waals surface area contributed by atoms with E-state index in [2.05, 4.69) is 29.5 Å². The molecule has 0 heterocycles. The highest BCUT2D eigenvalue weighted by atomic mass is 127. The van der Waals surface area contributed by atoms with Gasteiger partial charge in [0.1, 0.15) is 0 Å². The van der Waals surface area contributed by atoms with E-state index in [1.54, 1.807) is 21.3 Å². The largest absolute Gasteiger partial charge is 0.493 e. The maximum atomic E-state index is 5.30. The second kappa shape index (κ2) is 11.4.